The number of likely N-dealkylation sites (tertiary alicyclic amines) is 1. The second kappa shape index (κ2) is 8.54. The first-order chi connectivity index (χ1) is 16.0. The van der Waals surface area contributed by atoms with Crippen LogP contribution in [-0.2, 0) is 4.74 Å². The molecule has 4 heterocycles. The molecule has 2 aliphatic heterocycles. The highest BCUT2D eigenvalue weighted by molar-refractivity contribution is 7.17. The van der Waals surface area contributed by atoms with Crippen LogP contribution in [0.3, 0.4) is 0 Å². The lowest BCUT2D eigenvalue weighted by molar-refractivity contribution is 0.0530. The third-order valence-electron chi connectivity index (χ3n) is 6.13. The summed E-state index contributed by atoms with van der Waals surface area (Å²) in [5, 5.41) is 8.90. The third kappa shape index (κ3) is 3.86. The molecule has 172 valence electrons. The van der Waals surface area contributed by atoms with E-state index in [4.69, 9.17) is 4.74 Å². The number of amides is 1. The first-order valence-corrected chi connectivity index (χ1v) is 11.6. The molecular weight excluding hydrogens is 447 g/mol. The van der Waals surface area contributed by atoms with E-state index in [-0.39, 0.29) is 29.3 Å². The number of thiazole rings is 1. The van der Waals surface area contributed by atoms with Gasteiger partial charge in [0.15, 0.2) is 5.13 Å². The van der Waals surface area contributed by atoms with Crippen molar-refractivity contribution in [3.63, 3.8) is 0 Å². The molecule has 2 fully saturated rings. The Morgan fingerprint density at radius 1 is 1.15 bits per heavy atom. The first kappa shape index (κ1) is 21.5. The SMILES string of the molecule is CCOC(=O)c1sc(N2CC3CN(C(=O)c4c(F)cccc4-n4nccn4)CC3C2)nc1C. The van der Waals surface area contributed by atoms with Crippen LogP contribution in [0.15, 0.2) is 30.6 Å². The number of carbonyl (C=O) groups excluding carboxylic acids is 2. The van der Waals surface area contributed by atoms with Crippen LogP contribution in [0.4, 0.5) is 9.52 Å². The zero-order chi connectivity index (χ0) is 23.1. The zero-order valence-electron chi connectivity index (χ0n) is 18.3. The normalized spacial score (nSPS) is 19.7. The molecule has 2 aromatic heterocycles. The number of aryl methyl sites for hydroxylation is 1. The summed E-state index contributed by atoms with van der Waals surface area (Å²) in [5.74, 6) is -0.777. The van der Waals surface area contributed by atoms with E-state index in [0.717, 1.165) is 18.2 Å². The number of aromatic nitrogens is 4. The Balaban J connectivity index is 1.30. The highest BCUT2D eigenvalue weighted by atomic mass is 32.1. The fourth-order valence-corrected chi connectivity index (χ4v) is 5.59. The molecule has 1 amide bonds. The minimum absolute atomic E-state index is 0.0137. The fourth-order valence-electron chi connectivity index (χ4n) is 4.61. The summed E-state index contributed by atoms with van der Waals surface area (Å²) < 4.78 is 19.8. The number of ether oxygens (including phenoxy) is 1. The monoisotopic (exact) mass is 470 g/mol. The van der Waals surface area contributed by atoms with E-state index in [2.05, 4.69) is 20.1 Å². The molecule has 0 N–H and O–H groups in total. The van der Waals surface area contributed by atoms with Crippen molar-refractivity contribution in [2.45, 2.75) is 13.8 Å². The topological polar surface area (TPSA) is 93.5 Å². The van der Waals surface area contributed by atoms with E-state index in [1.165, 1.54) is 34.6 Å². The summed E-state index contributed by atoms with van der Waals surface area (Å²) in [5.41, 5.74) is 0.982. The number of fused-ring (bicyclic) bond motifs is 1. The number of hydrogen-bond donors (Lipinski definition) is 0. The second-order valence-corrected chi connectivity index (χ2v) is 9.20. The molecule has 9 nitrogen and oxygen atoms in total. The average Bonchev–Trinajstić information content (AvgIpc) is 3.56. The number of esters is 1. The molecule has 0 radical (unpaired) electrons. The van der Waals surface area contributed by atoms with Crippen molar-refractivity contribution in [1.29, 1.82) is 0 Å². The van der Waals surface area contributed by atoms with Crippen LogP contribution in [0.5, 0.6) is 0 Å². The summed E-state index contributed by atoms with van der Waals surface area (Å²) in [6, 6.07) is 4.47. The highest BCUT2D eigenvalue weighted by Crippen LogP contribution is 2.37. The molecule has 2 atom stereocenters. The van der Waals surface area contributed by atoms with E-state index in [0.29, 0.717) is 36.0 Å². The smallest absolute Gasteiger partial charge is 0.350 e. The molecule has 0 spiro atoms. The number of nitrogens with zero attached hydrogens (tertiary/aromatic N) is 6. The van der Waals surface area contributed by atoms with Crippen molar-refractivity contribution in [1.82, 2.24) is 24.9 Å². The van der Waals surface area contributed by atoms with Gasteiger partial charge in [0.25, 0.3) is 5.91 Å². The predicted octanol–water partition coefficient (Wildman–Crippen LogP) is 2.56. The molecule has 33 heavy (non-hydrogen) atoms. The van der Waals surface area contributed by atoms with Gasteiger partial charge in [0.2, 0.25) is 0 Å². The number of carbonyl (C=O) groups is 2. The summed E-state index contributed by atoms with van der Waals surface area (Å²) >= 11 is 1.34. The van der Waals surface area contributed by atoms with Crippen molar-refractivity contribution in [2.24, 2.45) is 11.8 Å². The number of benzene rings is 1. The van der Waals surface area contributed by atoms with Crippen molar-refractivity contribution >= 4 is 28.3 Å². The second-order valence-electron chi connectivity index (χ2n) is 8.22. The van der Waals surface area contributed by atoms with Gasteiger partial charge in [0, 0.05) is 38.0 Å². The Morgan fingerprint density at radius 3 is 2.52 bits per heavy atom. The Kier molecular flexibility index (Phi) is 5.57. The van der Waals surface area contributed by atoms with Gasteiger partial charge >= 0.3 is 5.97 Å². The molecular formula is C22H23FN6O3S. The fraction of sp³-hybridized carbons (Fsp3) is 0.409. The van der Waals surface area contributed by atoms with Gasteiger partial charge in [-0.25, -0.2) is 14.2 Å². The number of hydrogen-bond acceptors (Lipinski definition) is 8. The number of anilines is 1. The van der Waals surface area contributed by atoms with Gasteiger partial charge in [-0.15, -0.1) is 0 Å². The van der Waals surface area contributed by atoms with E-state index < -0.39 is 5.82 Å². The lowest BCUT2D eigenvalue weighted by atomic mass is 10.0. The van der Waals surface area contributed by atoms with Gasteiger partial charge in [-0.3, -0.25) is 4.79 Å². The van der Waals surface area contributed by atoms with Gasteiger partial charge in [0.1, 0.15) is 21.9 Å². The molecule has 3 aromatic rings. The van der Waals surface area contributed by atoms with Crippen LogP contribution in [-0.4, -0.2) is 69.5 Å². The Bertz CT molecular complexity index is 1180. The quantitative estimate of drug-likeness (QED) is 0.529. The van der Waals surface area contributed by atoms with Gasteiger partial charge in [-0.1, -0.05) is 17.4 Å². The highest BCUT2D eigenvalue weighted by Gasteiger charge is 2.43. The lowest BCUT2D eigenvalue weighted by Crippen LogP contribution is -2.34. The van der Waals surface area contributed by atoms with Gasteiger partial charge < -0.3 is 14.5 Å². The zero-order valence-corrected chi connectivity index (χ0v) is 19.1. The summed E-state index contributed by atoms with van der Waals surface area (Å²) in [6.45, 7) is 6.45. The van der Waals surface area contributed by atoms with Crippen LogP contribution >= 0.6 is 11.3 Å². The standard InChI is InChI=1S/C22H23FN6O3S/c1-3-32-21(31)19-13(2)26-22(33-19)28-11-14-9-27(10-15(14)12-28)20(30)18-16(23)5-4-6-17(18)29-24-7-8-25-29/h4-8,14-15H,3,9-12H2,1-2H3. The van der Waals surface area contributed by atoms with Crippen molar-refractivity contribution in [3.05, 3.63) is 52.5 Å². The summed E-state index contributed by atoms with van der Waals surface area (Å²) in [7, 11) is 0. The molecule has 0 aliphatic carbocycles. The number of rotatable bonds is 5. The molecule has 2 aliphatic rings. The maximum absolute atomic E-state index is 14.7. The van der Waals surface area contributed by atoms with Crippen LogP contribution in [0.2, 0.25) is 0 Å². The van der Waals surface area contributed by atoms with E-state index in [9.17, 15) is 14.0 Å². The van der Waals surface area contributed by atoms with Gasteiger partial charge in [0.05, 0.1) is 24.7 Å². The van der Waals surface area contributed by atoms with Crippen LogP contribution in [0.1, 0.15) is 32.6 Å². The molecule has 2 saturated heterocycles. The van der Waals surface area contributed by atoms with Gasteiger partial charge in [-0.05, 0) is 26.0 Å². The largest absolute Gasteiger partial charge is 0.462 e. The minimum Gasteiger partial charge on any atom is -0.462 e. The predicted molar refractivity (Wildman–Crippen MR) is 119 cm³/mol. The minimum atomic E-state index is -0.585. The van der Waals surface area contributed by atoms with Gasteiger partial charge in [-0.2, -0.15) is 15.0 Å². The average molecular weight is 471 g/mol. The maximum atomic E-state index is 14.7. The molecule has 11 heteroatoms. The first-order valence-electron chi connectivity index (χ1n) is 10.8. The Hall–Kier alpha value is -3.34. The van der Waals surface area contributed by atoms with Crippen LogP contribution in [0, 0.1) is 24.6 Å². The molecule has 0 saturated carbocycles. The molecule has 1 aromatic carbocycles. The Labute approximate surface area is 193 Å². The van der Waals surface area contributed by atoms with E-state index in [1.54, 1.807) is 24.0 Å². The van der Waals surface area contributed by atoms with Crippen LogP contribution < -0.4 is 4.90 Å². The van der Waals surface area contributed by atoms with E-state index in [1.807, 2.05) is 6.92 Å². The third-order valence-corrected chi connectivity index (χ3v) is 7.33. The summed E-state index contributed by atoms with van der Waals surface area (Å²) in [6.07, 6.45) is 2.98. The Morgan fingerprint density at radius 2 is 1.85 bits per heavy atom. The number of halogens is 1. The van der Waals surface area contributed by atoms with Crippen molar-refractivity contribution in [3.8, 4) is 5.69 Å². The molecule has 2 unspecified atom stereocenters. The van der Waals surface area contributed by atoms with Crippen molar-refractivity contribution < 1.29 is 18.7 Å². The summed E-state index contributed by atoms with van der Waals surface area (Å²) in [4.78, 5) is 35.7. The maximum Gasteiger partial charge on any atom is 0.350 e. The van der Waals surface area contributed by atoms with Crippen LogP contribution in [0.25, 0.3) is 5.69 Å². The molecule has 5 rings (SSSR count). The lowest BCUT2D eigenvalue weighted by Gasteiger charge is -2.22. The molecule has 0 bridgehead atoms. The van der Waals surface area contributed by atoms with Crippen molar-refractivity contribution in [2.75, 3.05) is 37.7 Å². The van der Waals surface area contributed by atoms with E-state index >= 15 is 0 Å².